The van der Waals surface area contributed by atoms with Crippen molar-refractivity contribution in [3.63, 3.8) is 0 Å². The molecule has 0 unspecified atom stereocenters. The fraction of sp³-hybridized carbons (Fsp3) is 0.318. The average molecular weight is 445 g/mol. The molecule has 2 amide bonds. The van der Waals surface area contributed by atoms with Crippen LogP contribution in [0.3, 0.4) is 0 Å². The number of methoxy groups -OCH3 is 5. The minimum absolute atomic E-state index is 0.245. The van der Waals surface area contributed by atoms with Crippen molar-refractivity contribution in [3.8, 4) is 28.7 Å². The van der Waals surface area contributed by atoms with Gasteiger partial charge in [0.2, 0.25) is 5.75 Å². The van der Waals surface area contributed by atoms with Gasteiger partial charge in [-0.2, -0.15) is 5.10 Å². The second kappa shape index (κ2) is 11.4. The summed E-state index contributed by atoms with van der Waals surface area (Å²) >= 11 is 0. The Balaban J connectivity index is 2.03. The zero-order valence-corrected chi connectivity index (χ0v) is 18.9. The second-order valence-corrected chi connectivity index (χ2v) is 6.40. The summed E-state index contributed by atoms with van der Waals surface area (Å²) in [7, 11) is 7.45. The van der Waals surface area contributed by atoms with E-state index in [0.717, 1.165) is 0 Å². The van der Waals surface area contributed by atoms with Crippen LogP contribution in [0.2, 0.25) is 0 Å². The van der Waals surface area contributed by atoms with Gasteiger partial charge >= 0.3 is 0 Å². The Hall–Kier alpha value is -3.95. The summed E-state index contributed by atoms with van der Waals surface area (Å²) in [4.78, 5) is 24.6. The molecule has 0 aromatic heterocycles. The number of amides is 2. The Morgan fingerprint density at radius 1 is 0.844 bits per heavy atom. The van der Waals surface area contributed by atoms with E-state index in [1.807, 2.05) is 0 Å². The maximum absolute atomic E-state index is 12.5. The van der Waals surface area contributed by atoms with E-state index >= 15 is 0 Å². The molecule has 0 heterocycles. The smallest absolute Gasteiger partial charge is 0.259 e. The molecule has 0 aliphatic carbocycles. The standard InChI is InChI=1S/C22H27N3O7/c1-13(16-8-7-15(28-2)11-17(16)29-3)24-25-20(26)12-23-22(27)14-9-18(30-4)21(32-6)19(10-14)31-5/h7-11H,12H2,1-6H3,(H,23,27)(H,25,26)/b24-13-. The SMILES string of the molecule is COc1ccc(/C(C)=N\NC(=O)CNC(=O)c2cc(OC)c(OC)c(OC)c2)c(OC)c1. The van der Waals surface area contributed by atoms with Crippen LogP contribution in [0.4, 0.5) is 0 Å². The van der Waals surface area contributed by atoms with Gasteiger partial charge in [0.25, 0.3) is 11.8 Å². The average Bonchev–Trinajstić information content (AvgIpc) is 2.83. The van der Waals surface area contributed by atoms with E-state index in [4.69, 9.17) is 23.7 Å². The minimum atomic E-state index is -0.502. The van der Waals surface area contributed by atoms with Gasteiger partial charge < -0.3 is 29.0 Å². The molecule has 172 valence electrons. The lowest BCUT2D eigenvalue weighted by atomic mass is 10.1. The monoisotopic (exact) mass is 445 g/mol. The molecule has 0 radical (unpaired) electrons. The molecular weight excluding hydrogens is 418 g/mol. The van der Waals surface area contributed by atoms with Crippen LogP contribution in [0.25, 0.3) is 0 Å². The summed E-state index contributed by atoms with van der Waals surface area (Å²) in [5.41, 5.74) is 3.87. The van der Waals surface area contributed by atoms with Crippen molar-refractivity contribution in [2.45, 2.75) is 6.92 Å². The van der Waals surface area contributed by atoms with Gasteiger partial charge in [-0.3, -0.25) is 9.59 Å². The first-order valence-electron chi connectivity index (χ1n) is 9.52. The van der Waals surface area contributed by atoms with Crippen LogP contribution in [0.5, 0.6) is 28.7 Å². The van der Waals surface area contributed by atoms with Crippen LogP contribution in [-0.4, -0.2) is 59.6 Å². The first kappa shape index (κ1) is 24.3. The van der Waals surface area contributed by atoms with Gasteiger partial charge in [-0.15, -0.1) is 0 Å². The van der Waals surface area contributed by atoms with E-state index in [9.17, 15) is 9.59 Å². The topological polar surface area (TPSA) is 117 Å². The largest absolute Gasteiger partial charge is 0.497 e. The van der Waals surface area contributed by atoms with Gasteiger partial charge in [-0.1, -0.05) is 0 Å². The summed E-state index contributed by atoms with van der Waals surface area (Å²) in [6.07, 6.45) is 0. The highest BCUT2D eigenvalue weighted by atomic mass is 16.5. The first-order chi connectivity index (χ1) is 15.4. The molecule has 2 aromatic rings. The third kappa shape index (κ3) is 5.81. The van der Waals surface area contributed by atoms with Crippen LogP contribution in [0.15, 0.2) is 35.4 Å². The molecule has 2 N–H and O–H groups in total. The number of rotatable bonds is 10. The molecule has 0 aliphatic heterocycles. The molecule has 32 heavy (non-hydrogen) atoms. The molecule has 0 atom stereocenters. The van der Waals surface area contributed by atoms with Crippen LogP contribution in [-0.2, 0) is 4.79 Å². The van der Waals surface area contributed by atoms with Gasteiger partial charge in [0.1, 0.15) is 11.5 Å². The summed E-state index contributed by atoms with van der Waals surface area (Å²) < 4.78 is 26.2. The molecule has 0 aliphatic rings. The third-order valence-electron chi connectivity index (χ3n) is 4.48. The Bertz CT molecular complexity index is 980. The zero-order chi connectivity index (χ0) is 23.7. The van der Waals surface area contributed by atoms with Crippen LogP contribution >= 0.6 is 0 Å². The maximum Gasteiger partial charge on any atom is 0.259 e. The number of carbonyl (C=O) groups is 2. The number of ether oxygens (including phenoxy) is 5. The van der Waals surface area contributed by atoms with Crippen molar-refractivity contribution in [1.29, 1.82) is 0 Å². The lowest BCUT2D eigenvalue weighted by Gasteiger charge is -2.14. The van der Waals surface area contributed by atoms with Crippen molar-refractivity contribution in [1.82, 2.24) is 10.7 Å². The van der Waals surface area contributed by atoms with E-state index in [-0.39, 0.29) is 12.1 Å². The van der Waals surface area contributed by atoms with E-state index in [2.05, 4.69) is 15.8 Å². The van der Waals surface area contributed by atoms with Gasteiger partial charge in [-0.05, 0) is 31.2 Å². The van der Waals surface area contributed by atoms with Crippen molar-refractivity contribution < 1.29 is 33.3 Å². The number of hydrogen-bond acceptors (Lipinski definition) is 8. The summed E-state index contributed by atoms with van der Waals surface area (Å²) in [5, 5.41) is 6.60. The molecule has 0 fully saturated rings. The molecule has 10 nitrogen and oxygen atoms in total. The zero-order valence-electron chi connectivity index (χ0n) is 18.9. The second-order valence-electron chi connectivity index (χ2n) is 6.40. The quantitative estimate of drug-likeness (QED) is 0.424. The van der Waals surface area contributed by atoms with E-state index in [0.29, 0.717) is 40.0 Å². The van der Waals surface area contributed by atoms with Crippen molar-refractivity contribution >= 4 is 17.5 Å². The van der Waals surface area contributed by atoms with Crippen LogP contribution < -0.4 is 34.4 Å². The van der Waals surface area contributed by atoms with Gasteiger partial charge in [0.15, 0.2) is 11.5 Å². The van der Waals surface area contributed by atoms with Crippen LogP contribution in [0.1, 0.15) is 22.8 Å². The number of benzene rings is 2. The summed E-state index contributed by atoms with van der Waals surface area (Å²) in [6, 6.07) is 8.23. The first-order valence-corrected chi connectivity index (χ1v) is 9.52. The Kier molecular flexibility index (Phi) is 8.70. The van der Waals surface area contributed by atoms with E-state index in [1.54, 1.807) is 32.2 Å². The van der Waals surface area contributed by atoms with Gasteiger partial charge in [0, 0.05) is 17.2 Å². The Morgan fingerprint density at radius 3 is 2.00 bits per heavy atom. The van der Waals surface area contributed by atoms with Crippen LogP contribution in [0, 0.1) is 0 Å². The molecule has 0 bridgehead atoms. The molecule has 0 saturated carbocycles. The normalized spacial score (nSPS) is 10.8. The predicted octanol–water partition coefficient (Wildman–Crippen LogP) is 2.00. The highest BCUT2D eigenvalue weighted by molar-refractivity contribution is 6.02. The predicted molar refractivity (Wildman–Crippen MR) is 118 cm³/mol. The highest BCUT2D eigenvalue weighted by Gasteiger charge is 2.17. The Labute approximate surface area is 186 Å². The van der Waals surface area contributed by atoms with E-state index in [1.165, 1.54) is 40.6 Å². The minimum Gasteiger partial charge on any atom is -0.497 e. The van der Waals surface area contributed by atoms with Gasteiger partial charge in [-0.25, -0.2) is 5.43 Å². The highest BCUT2D eigenvalue weighted by Crippen LogP contribution is 2.38. The maximum atomic E-state index is 12.5. The molecular formula is C22H27N3O7. The number of nitrogens with one attached hydrogen (secondary N) is 2. The number of nitrogens with zero attached hydrogens (tertiary/aromatic N) is 1. The number of hydrogen-bond donors (Lipinski definition) is 2. The fourth-order valence-electron chi connectivity index (χ4n) is 2.82. The van der Waals surface area contributed by atoms with E-state index < -0.39 is 11.8 Å². The molecule has 0 spiro atoms. The molecule has 0 saturated heterocycles. The summed E-state index contributed by atoms with van der Waals surface area (Å²) in [6.45, 7) is 1.44. The Morgan fingerprint density at radius 2 is 1.47 bits per heavy atom. The molecule has 2 aromatic carbocycles. The van der Waals surface area contributed by atoms with Crippen molar-refractivity contribution in [2.75, 3.05) is 42.1 Å². The third-order valence-corrected chi connectivity index (χ3v) is 4.48. The van der Waals surface area contributed by atoms with Gasteiger partial charge in [0.05, 0.1) is 47.8 Å². The molecule has 10 heteroatoms. The lowest BCUT2D eigenvalue weighted by molar-refractivity contribution is -0.120. The number of carbonyl (C=O) groups excluding carboxylic acids is 2. The lowest BCUT2D eigenvalue weighted by Crippen LogP contribution is -2.35. The fourth-order valence-corrected chi connectivity index (χ4v) is 2.82. The summed E-state index contributed by atoms with van der Waals surface area (Å²) in [5.74, 6) is 1.22. The van der Waals surface area contributed by atoms with Crippen molar-refractivity contribution in [2.24, 2.45) is 5.10 Å². The molecule has 2 rings (SSSR count). The van der Waals surface area contributed by atoms with Crippen molar-refractivity contribution in [3.05, 3.63) is 41.5 Å². The number of hydrazone groups is 1.